The minimum absolute atomic E-state index is 0.0126. The van der Waals surface area contributed by atoms with Crippen LogP contribution in [0.15, 0.2) is 54.6 Å². The quantitative estimate of drug-likeness (QED) is 0.727. The van der Waals surface area contributed by atoms with Crippen LogP contribution in [0.3, 0.4) is 0 Å². The van der Waals surface area contributed by atoms with Gasteiger partial charge in [0, 0.05) is 0 Å². The van der Waals surface area contributed by atoms with E-state index in [2.05, 4.69) is 0 Å². The molecule has 1 aliphatic heterocycles. The average molecular weight is 421 g/mol. The molecule has 1 fully saturated rings. The number of benzene rings is 2. The van der Waals surface area contributed by atoms with E-state index in [9.17, 15) is 27.6 Å². The van der Waals surface area contributed by atoms with E-state index in [1.165, 1.54) is 38.3 Å². The zero-order valence-corrected chi connectivity index (χ0v) is 16.0. The number of para-hydroxylation sites is 1. The van der Waals surface area contributed by atoms with Gasteiger partial charge in [-0.2, -0.15) is 13.2 Å². The van der Waals surface area contributed by atoms with Crippen LogP contribution in [0.4, 0.5) is 18.0 Å². The Morgan fingerprint density at radius 3 is 2.30 bits per heavy atom. The molecule has 30 heavy (non-hydrogen) atoms. The van der Waals surface area contributed by atoms with Crippen LogP contribution in [0.1, 0.15) is 28.9 Å². The number of methoxy groups -OCH3 is 1. The van der Waals surface area contributed by atoms with Crippen LogP contribution >= 0.6 is 0 Å². The molecule has 3 rings (SSSR count). The Kier molecular flexibility index (Phi) is 5.43. The van der Waals surface area contributed by atoms with Gasteiger partial charge in [0.05, 0.1) is 18.7 Å². The summed E-state index contributed by atoms with van der Waals surface area (Å²) in [6.45, 7) is 1.42. The summed E-state index contributed by atoms with van der Waals surface area (Å²) < 4.78 is 47.1. The lowest BCUT2D eigenvalue weighted by Crippen LogP contribution is -2.69. The molecule has 1 saturated heterocycles. The number of carbonyl (C=O) groups is 3. The molecule has 0 unspecified atom stereocenters. The highest BCUT2D eigenvalue weighted by molar-refractivity contribution is 6.11. The van der Waals surface area contributed by atoms with Gasteiger partial charge in [-0.15, -0.1) is 0 Å². The van der Waals surface area contributed by atoms with Crippen molar-refractivity contribution in [1.29, 1.82) is 0 Å². The summed E-state index contributed by atoms with van der Waals surface area (Å²) in [5.41, 5.74) is -3.37. The van der Waals surface area contributed by atoms with E-state index < -0.39 is 35.7 Å². The predicted molar refractivity (Wildman–Crippen MR) is 99.5 cm³/mol. The second-order valence-electron chi connectivity index (χ2n) is 6.59. The zero-order chi connectivity index (χ0) is 22.1. The van der Waals surface area contributed by atoms with Gasteiger partial charge in [-0.05, 0) is 24.6 Å². The van der Waals surface area contributed by atoms with E-state index in [-0.39, 0.29) is 11.3 Å². The second-order valence-corrected chi connectivity index (χ2v) is 6.59. The Labute approximate surface area is 169 Å². The van der Waals surface area contributed by atoms with Gasteiger partial charge in [0.1, 0.15) is 5.75 Å². The lowest BCUT2D eigenvalue weighted by atomic mass is 10.0. The summed E-state index contributed by atoms with van der Waals surface area (Å²) in [6.07, 6.45) is -5.30. The van der Waals surface area contributed by atoms with E-state index in [1.807, 2.05) is 0 Å². The first kappa shape index (κ1) is 21.2. The number of nitrogens with zero attached hydrogens (tertiary/aromatic N) is 1. The van der Waals surface area contributed by atoms with Crippen LogP contribution in [-0.2, 0) is 4.79 Å². The number of rotatable bonds is 5. The molecule has 0 aliphatic carbocycles. The first-order valence-electron chi connectivity index (χ1n) is 8.85. The molecule has 2 atom stereocenters. The van der Waals surface area contributed by atoms with E-state index in [0.717, 1.165) is 0 Å². The summed E-state index contributed by atoms with van der Waals surface area (Å²) in [5, 5.41) is 3.31. The molecule has 0 bridgehead atoms. The molecule has 0 spiro atoms. The van der Waals surface area contributed by atoms with Crippen molar-refractivity contribution in [2.24, 2.45) is 0 Å². The Bertz CT molecular complexity index is 981. The molecular formula is C20H18F3N3O4. The molecule has 1 aliphatic rings. The zero-order valence-electron chi connectivity index (χ0n) is 16.0. The van der Waals surface area contributed by atoms with Crippen LogP contribution in [0.5, 0.6) is 5.75 Å². The summed E-state index contributed by atoms with van der Waals surface area (Å²) in [4.78, 5) is 38.4. The van der Waals surface area contributed by atoms with Gasteiger partial charge in [0.25, 0.3) is 17.5 Å². The van der Waals surface area contributed by atoms with Gasteiger partial charge in [-0.25, -0.2) is 4.79 Å². The van der Waals surface area contributed by atoms with Gasteiger partial charge >= 0.3 is 12.2 Å². The number of amides is 4. The number of alkyl halides is 3. The summed E-state index contributed by atoms with van der Waals surface area (Å²) in [7, 11) is 1.25. The highest BCUT2D eigenvalue weighted by Crippen LogP contribution is 2.37. The largest absolute Gasteiger partial charge is 0.496 e. The highest BCUT2D eigenvalue weighted by Gasteiger charge is 2.69. The van der Waals surface area contributed by atoms with Crippen molar-refractivity contribution in [3.63, 3.8) is 0 Å². The minimum atomic E-state index is -5.30. The first-order valence-corrected chi connectivity index (χ1v) is 8.85. The Morgan fingerprint density at radius 1 is 1.10 bits per heavy atom. The molecule has 7 nitrogen and oxygen atoms in total. The monoisotopic (exact) mass is 421 g/mol. The number of hydrogen-bond donors (Lipinski definition) is 2. The minimum Gasteiger partial charge on any atom is -0.496 e. The van der Waals surface area contributed by atoms with E-state index in [0.29, 0.717) is 10.5 Å². The molecular weight excluding hydrogens is 403 g/mol. The number of ether oxygens (including phenoxy) is 1. The number of carbonyl (C=O) groups excluding carboxylic acids is 3. The third kappa shape index (κ3) is 3.44. The van der Waals surface area contributed by atoms with Gasteiger partial charge in [-0.1, -0.05) is 42.5 Å². The summed E-state index contributed by atoms with van der Waals surface area (Å²) >= 11 is 0. The van der Waals surface area contributed by atoms with Crippen molar-refractivity contribution < 1.29 is 32.3 Å². The van der Waals surface area contributed by atoms with Crippen molar-refractivity contribution >= 4 is 17.8 Å². The average Bonchev–Trinajstić information content (AvgIpc) is 2.98. The molecule has 1 heterocycles. The van der Waals surface area contributed by atoms with Crippen molar-refractivity contribution in [3.8, 4) is 5.75 Å². The fourth-order valence-corrected chi connectivity index (χ4v) is 3.20. The molecule has 2 N–H and O–H groups in total. The van der Waals surface area contributed by atoms with Crippen LogP contribution < -0.4 is 15.4 Å². The third-order valence-corrected chi connectivity index (χ3v) is 4.80. The summed E-state index contributed by atoms with van der Waals surface area (Å²) in [6, 6.07) is 11.4. The molecule has 158 valence electrons. The highest BCUT2D eigenvalue weighted by atomic mass is 19.4. The van der Waals surface area contributed by atoms with Crippen molar-refractivity contribution in [2.45, 2.75) is 24.8 Å². The number of imide groups is 1. The van der Waals surface area contributed by atoms with Gasteiger partial charge < -0.3 is 10.1 Å². The van der Waals surface area contributed by atoms with Crippen LogP contribution in [0.25, 0.3) is 0 Å². The first-order chi connectivity index (χ1) is 14.1. The van der Waals surface area contributed by atoms with Crippen LogP contribution in [0, 0.1) is 0 Å². The smallest absolute Gasteiger partial charge is 0.440 e. The van der Waals surface area contributed by atoms with E-state index in [1.54, 1.807) is 41.0 Å². The molecule has 0 aromatic heterocycles. The Hall–Kier alpha value is -3.56. The normalized spacial score (nSPS) is 20.0. The Balaban J connectivity index is 1.99. The maximum atomic E-state index is 14.0. The number of nitrogens with one attached hydrogen (secondary N) is 2. The van der Waals surface area contributed by atoms with Crippen molar-refractivity contribution in [3.05, 3.63) is 65.7 Å². The number of hydrogen-bond acceptors (Lipinski definition) is 4. The van der Waals surface area contributed by atoms with Crippen LogP contribution in [-0.4, -0.2) is 41.7 Å². The lowest BCUT2D eigenvalue weighted by molar-refractivity contribution is -0.200. The van der Waals surface area contributed by atoms with Gasteiger partial charge in [0.15, 0.2) is 0 Å². The van der Waals surface area contributed by atoms with Gasteiger partial charge in [-0.3, -0.25) is 19.8 Å². The molecule has 4 amide bonds. The summed E-state index contributed by atoms with van der Waals surface area (Å²) in [5.74, 6) is -2.84. The molecule has 0 radical (unpaired) electrons. The maximum Gasteiger partial charge on any atom is 0.440 e. The molecule has 2 aromatic rings. The van der Waals surface area contributed by atoms with Crippen LogP contribution in [0.2, 0.25) is 0 Å². The molecule has 10 heteroatoms. The second kappa shape index (κ2) is 7.69. The third-order valence-electron chi connectivity index (χ3n) is 4.80. The van der Waals surface area contributed by atoms with E-state index >= 15 is 0 Å². The fourth-order valence-electron chi connectivity index (χ4n) is 3.20. The molecule has 0 saturated carbocycles. The van der Waals surface area contributed by atoms with E-state index in [4.69, 9.17) is 4.74 Å². The van der Waals surface area contributed by atoms with Crippen molar-refractivity contribution in [2.75, 3.05) is 7.11 Å². The maximum absolute atomic E-state index is 14.0. The fraction of sp³-hybridized carbons (Fsp3) is 0.250. The SMILES string of the molecule is COc1ccccc1C(=O)N[C@@]1(C(F)(F)F)NC(=O)N([C@@H](C)c2ccccc2)C1=O. The number of halogens is 3. The van der Waals surface area contributed by atoms with Crippen molar-refractivity contribution in [1.82, 2.24) is 15.5 Å². The standard InChI is InChI=1S/C20H18F3N3O4/c1-12(13-8-4-3-5-9-13)26-17(28)19(20(21,22)23,25-18(26)29)24-16(27)14-10-6-7-11-15(14)30-2/h3-12H,1-2H3,(H,24,27)(H,25,29)/t12-,19+/m0/s1. The predicted octanol–water partition coefficient (Wildman–Crippen LogP) is 3.00. The Morgan fingerprint density at radius 2 is 1.70 bits per heavy atom. The molecule has 2 aromatic carbocycles. The van der Waals surface area contributed by atoms with Gasteiger partial charge in [0.2, 0.25) is 0 Å². The lowest BCUT2D eigenvalue weighted by Gasteiger charge is -2.30. The topological polar surface area (TPSA) is 87.7 Å². The number of urea groups is 1.